The Labute approximate surface area is 165 Å². The fourth-order valence-corrected chi connectivity index (χ4v) is 3.46. The van der Waals surface area contributed by atoms with Crippen LogP contribution < -0.4 is 5.32 Å². The number of aromatic nitrogens is 1. The van der Waals surface area contributed by atoms with E-state index in [1.807, 2.05) is 66.7 Å². The van der Waals surface area contributed by atoms with E-state index in [0.29, 0.717) is 5.82 Å². The Kier molecular flexibility index (Phi) is 7.50. The third-order valence-electron chi connectivity index (χ3n) is 3.32. The molecule has 25 heavy (non-hydrogen) atoms. The second-order valence-corrected chi connectivity index (χ2v) is 7.17. The van der Waals surface area contributed by atoms with Crippen molar-refractivity contribution in [3.8, 4) is 0 Å². The monoisotopic (exact) mass is 434 g/mol. The predicted octanol–water partition coefficient (Wildman–Crippen LogP) is 5.74. The molecule has 1 unspecified atom stereocenters. The molecule has 0 aliphatic heterocycles. The molecular formula is C19H16BrClN2OS. The molecule has 0 fully saturated rings. The highest BCUT2D eigenvalue weighted by molar-refractivity contribution is 9.10. The van der Waals surface area contributed by atoms with Crippen molar-refractivity contribution in [2.75, 3.05) is 5.32 Å². The van der Waals surface area contributed by atoms with E-state index in [2.05, 4.69) is 26.2 Å². The SMILES string of the molecule is Cl.O=C(Nc1ccc(Br)cn1)C(Sc1ccccc1)c1ccccc1. The molecule has 3 aromatic rings. The van der Waals surface area contributed by atoms with Crippen molar-refractivity contribution in [1.29, 1.82) is 0 Å². The van der Waals surface area contributed by atoms with E-state index in [4.69, 9.17) is 0 Å². The predicted molar refractivity (Wildman–Crippen MR) is 109 cm³/mol. The number of anilines is 1. The van der Waals surface area contributed by atoms with Gasteiger partial charge in [-0.1, -0.05) is 48.5 Å². The van der Waals surface area contributed by atoms with Crippen LogP contribution in [0.2, 0.25) is 0 Å². The maximum Gasteiger partial charge on any atom is 0.243 e. The highest BCUT2D eigenvalue weighted by Crippen LogP contribution is 2.35. The van der Waals surface area contributed by atoms with Gasteiger partial charge in [0.2, 0.25) is 5.91 Å². The van der Waals surface area contributed by atoms with Gasteiger partial charge in [-0.25, -0.2) is 4.98 Å². The first-order chi connectivity index (χ1) is 11.7. The number of benzene rings is 2. The highest BCUT2D eigenvalue weighted by Gasteiger charge is 2.22. The lowest BCUT2D eigenvalue weighted by molar-refractivity contribution is -0.115. The van der Waals surface area contributed by atoms with Gasteiger partial charge in [-0.15, -0.1) is 24.2 Å². The molecular weight excluding hydrogens is 420 g/mol. The van der Waals surface area contributed by atoms with E-state index in [1.165, 1.54) is 11.8 Å². The number of halogens is 2. The molecule has 0 spiro atoms. The third kappa shape index (κ3) is 5.59. The topological polar surface area (TPSA) is 42.0 Å². The molecule has 1 N–H and O–H groups in total. The molecule has 128 valence electrons. The van der Waals surface area contributed by atoms with Gasteiger partial charge in [0.1, 0.15) is 11.1 Å². The van der Waals surface area contributed by atoms with E-state index < -0.39 is 0 Å². The fraction of sp³-hybridized carbons (Fsp3) is 0.0526. The molecule has 0 saturated heterocycles. The first kappa shape index (κ1) is 19.5. The molecule has 1 aromatic heterocycles. The van der Waals surface area contributed by atoms with Crippen LogP contribution in [-0.4, -0.2) is 10.9 Å². The summed E-state index contributed by atoms with van der Waals surface area (Å²) in [5.74, 6) is 0.447. The van der Waals surface area contributed by atoms with Crippen LogP contribution in [0.3, 0.4) is 0 Å². The Morgan fingerprint density at radius 3 is 2.20 bits per heavy atom. The molecule has 1 heterocycles. The number of nitrogens with one attached hydrogen (secondary N) is 1. The van der Waals surface area contributed by atoms with Gasteiger partial charge in [0.25, 0.3) is 0 Å². The van der Waals surface area contributed by atoms with Crippen LogP contribution >= 0.6 is 40.1 Å². The van der Waals surface area contributed by atoms with Crippen molar-refractivity contribution in [1.82, 2.24) is 4.98 Å². The average Bonchev–Trinajstić information content (AvgIpc) is 2.63. The zero-order chi connectivity index (χ0) is 16.8. The number of amides is 1. The summed E-state index contributed by atoms with van der Waals surface area (Å²) in [4.78, 5) is 18.1. The fourth-order valence-electron chi connectivity index (χ4n) is 2.18. The van der Waals surface area contributed by atoms with Gasteiger partial charge in [-0.2, -0.15) is 0 Å². The van der Waals surface area contributed by atoms with Gasteiger partial charge < -0.3 is 5.32 Å². The summed E-state index contributed by atoms with van der Waals surface area (Å²) in [5.41, 5.74) is 0.959. The molecule has 2 aromatic carbocycles. The van der Waals surface area contributed by atoms with Crippen LogP contribution in [0.15, 0.2) is 88.4 Å². The summed E-state index contributed by atoms with van der Waals surface area (Å²) in [6.45, 7) is 0. The number of pyridine rings is 1. The molecule has 0 bridgehead atoms. The Hall–Kier alpha value is -1.82. The van der Waals surface area contributed by atoms with Gasteiger partial charge in [0.15, 0.2) is 0 Å². The summed E-state index contributed by atoms with van der Waals surface area (Å²) in [6.07, 6.45) is 1.66. The normalized spacial score (nSPS) is 11.2. The third-order valence-corrected chi connectivity index (χ3v) is 5.05. The molecule has 1 atom stereocenters. The van der Waals surface area contributed by atoms with Crippen LogP contribution in [0.25, 0.3) is 0 Å². The molecule has 0 aliphatic carbocycles. The molecule has 0 saturated carbocycles. The van der Waals surface area contributed by atoms with Crippen molar-refractivity contribution in [2.45, 2.75) is 10.1 Å². The summed E-state index contributed by atoms with van der Waals surface area (Å²) < 4.78 is 0.874. The Morgan fingerprint density at radius 2 is 1.60 bits per heavy atom. The van der Waals surface area contributed by atoms with Gasteiger partial charge in [-0.3, -0.25) is 4.79 Å². The number of hydrogen-bond donors (Lipinski definition) is 1. The van der Waals surface area contributed by atoms with Crippen LogP contribution in [0, 0.1) is 0 Å². The van der Waals surface area contributed by atoms with Crippen molar-refractivity contribution in [2.24, 2.45) is 0 Å². The molecule has 0 aliphatic rings. The number of nitrogens with zero attached hydrogens (tertiary/aromatic N) is 1. The van der Waals surface area contributed by atoms with E-state index in [0.717, 1.165) is 14.9 Å². The zero-order valence-electron chi connectivity index (χ0n) is 13.1. The first-order valence-corrected chi connectivity index (χ1v) is 9.09. The summed E-state index contributed by atoms with van der Waals surface area (Å²) >= 11 is 4.87. The van der Waals surface area contributed by atoms with Crippen LogP contribution in [0.1, 0.15) is 10.8 Å². The van der Waals surface area contributed by atoms with E-state index >= 15 is 0 Å². The summed E-state index contributed by atoms with van der Waals surface area (Å²) in [6, 6.07) is 23.3. The second kappa shape index (κ2) is 9.61. The molecule has 3 nitrogen and oxygen atoms in total. The van der Waals surface area contributed by atoms with E-state index in [9.17, 15) is 4.79 Å². The number of carbonyl (C=O) groups is 1. The summed E-state index contributed by atoms with van der Waals surface area (Å²) in [5, 5.41) is 2.55. The van der Waals surface area contributed by atoms with Crippen molar-refractivity contribution >= 4 is 51.8 Å². The van der Waals surface area contributed by atoms with Crippen LogP contribution in [0.5, 0.6) is 0 Å². The maximum absolute atomic E-state index is 12.8. The molecule has 1 amide bonds. The first-order valence-electron chi connectivity index (χ1n) is 7.41. The van der Waals surface area contributed by atoms with Crippen molar-refractivity contribution < 1.29 is 4.79 Å². The average molecular weight is 436 g/mol. The Bertz CT molecular complexity index is 801. The smallest absolute Gasteiger partial charge is 0.243 e. The lowest BCUT2D eigenvalue weighted by Crippen LogP contribution is -2.19. The quantitative estimate of drug-likeness (QED) is 0.520. The van der Waals surface area contributed by atoms with Gasteiger partial charge >= 0.3 is 0 Å². The standard InChI is InChI=1S/C19H15BrN2OS.ClH/c20-15-11-12-17(21-13-15)22-19(23)18(14-7-3-1-4-8-14)24-16-9-5-2-6-10-16;/h1-13,18H,(H,21,22,23);1H. The van der Waals surface area contributed by atoms with Crippen LogP contribution in [0.4, 0.5) is 5.82 Å². The summed E-state index contributed by atoms with van der Waals surface area (Å²) in [7, 11) is 0. The van der Waals surface area contributed by atoms with Gasteiger partial charge in [-0.05, 0) is 45.8 Å². The van der Waals surface area contributed by atoms with Crippen molar-refractivity contribution in [3.63, 3.8) is 0 Å². The number of thioether (sulfide) groups is 1. The highest BCUT2D eigenvalue weighted by atomic mass is 79.9. The maximum atomic E-state index is 12.8. The minimum Gasteiger partial charge on any atom is -0.309 e. The Balaban J connectivity index is 0.00000225. The lowest BCUT2D eigenvalue weighted by atomic mass is 10.1. The van der Waals surface area contributed by atoms with E-state index in [-0.39, 0.29) is 23.6 Å². The minimum atomic E-state index is -0.348. The van der Waals surface area contributed by atoms with Gasteiger partial charge in [0.05, 0.1) is 0 Å². The molecule has 6 heteroatoms. The molecule has 3 rings (SSSR count). The Morgan fingerprint density at radius 1 is 0.960 bits per heavy atom. The second-order valence-electron chi connectivity index (χ2n) is 5.07. The number of hydrogen-bond acceptors (Lipinski definition) is 3. The van der Waals surface area contributed by atoms with Crippen LogP contribution in [-0.2, 0) is 4.79 Å². The number of carbonyl (C=O) groups excluding carboxylic acids is 1. The largest absolute Gasteiger partial charge is 0.309 e. The minimum absolute atomic E-state index is 0. The zero-order valence-corrected chi connectivity index (χ0v) is 16.4. The van der Waals surface area contributed by atoms with Crippen molar-refractivity contribution in [3.05, 3.63) is 89.0 Å². The van der Waals surface area contributed by atoms with Gasteiger partial charge in [0, 0.05) is 15.6 Å². The van der Waals surface area contributed by atoms with E-state index in [1.54, 1.807) is 12.3 Å². The molecule has 0 radical (unpaired) electrons. The lowest BCUT2D eigenvalue weighted by Gasteiger charge is -2.16. The number of rotatable bonds is 5.